The normalized spacial score (nSPS) is 12.1. The predicted octanol–water partition coefficient (Wildman–Crippen LogP) is 6.65. The van der Waals surface area contributed by atoms with E-state index in [1.165, 1.54) is 12.1 Å². The zero-order valence-corrected chi connectivity index (χ0v) is 17.1. The minimum atomic E-state index is -0.419. The fraction of sp³-hybridized carbons (Fsp3) is 0.192. The molecule has 0 radical (unpaired) electrons. The molecule has 0 amide bonds. The standard InChI is InChI=1S/C26H25FO3/c1-19(2)25(15-14-20-8-6-10-22(27)16-20)26(28)29-18-21-9-7-13-24(17-21)30-23-11-4-3-5-12-23/h3-17,19,25H,18H2,1-2H3. The van der Waals surface area contributed by atoms with E-state index in [2.05, 4.69) is 0 Å². The third-order valence-corrected chi connectivity index (χ3v) is 4.59. The van der Waals surface area contributed by atoms with Gasteiger partial charge in [0.25, 0.3) is 0 Å². The van der Waals surface area contributed by atoms with Crippen molar-refractivity contribution in [3.63, 3.8) is 0 Å². The second-order valence-corrected chi connectivity index (χ2v) is 7.35. The van der Waals surface area contributed by atoms with Gasteiger partial charge >= 0.3 is 5.97 Å². The van der Waals surface area contributed by atoms with Crippen molar-refractivity contribution in [2.24, 2.45) is 11.8 Å². The third-order valence-electron chi connectivity index (χ3n) is 4.59. The first-order chi connectivity index (χ1) is 14.5. The molecule has 0 fully saturated rings. The number of hydrogen-bond donors (Lipinski definition) is 0. The van der Waals surface area contributed by atoms with E-state index in [1.54, 1.807) is 24.3 Å². The van der Waals surface area contributed by atoms with Gasteiger partial charge in [-0.05, 0) is 53.4 Å². The number of esters is 1. The van der Waals surface area contributed by atoms with E-state index in [0.29, 0.717) is 11.3 Å². The molecule has 0 heterocycles. The van der Waals surface area contributed by atoms with Crippen LogP contribution in [0.1, 0.15) is 25.0 Å². The van der Waals surface area contributed by atoms with Gasteiger partial charge in [0.1, 0.15) is 23.9 Å². The lowest BCUT2D eigenvalue weighted by molar-refractivity contribution is -0.149. The third kappa shape index (κ3) is 6.31. The number of para-hydroxylation sites is 1. The molecular formula is C26H25FO3. The Balaban J connectivity index is 1.62. The van der Waals surface area contributed by atoms with E-state index in [9.17, 15) is 9.18 Å². The Bertz CT molecular complexity index is 996. The Labute approximate surface area is 176 Å². The topological polar surface area (TPSA) is 35.5 Å². The Morgan fingerprint density at radius 2 is 1.67 bits per heavy atom. The second kappa shape index (κ2) is 10.4. The van der Waals surface area contributed by atoms with Crippen molar-refractivity contribution in [3.8, 4) is 11.5 Å². The summed E-state index contributed by atoms with van der Waals surface area (Å²) in [6, 6.07) is 23.2. The molecule has 0 aliphatic rings. The van der Waals surface area contributed by atoms with Crippen LogP contribution < -0.4 is 4.74 Å². The van der Waals surface area contributed by atoms with Crippen molar-refractivity contribution in [2.75, 3.05) is 0 Å². The summed E-state index contributed by atoms with van der Waals surface area (Å²) < 4.78 is 24.7. The fourth-order valence-electron chi connectivity index (χ4n) is 2.97. The predicted molar refractivity (Wildman–Crippen MR) is 117 cm³/mol. The van der Waals surface area contributed by atoms with Gasteiger partial charge in [0.2, 0.25) is 0 Å². The monoisotopic (exact) mass is 404 g/mol. The summed E-state index contributed by atoms with van der Waals surface area (Å²) in [5.41, 5.74) is 1.55. The highest BCUT2D eigenvalue weighted by molar-refractivity contribution is 5.76. The Kier molecular flexibility index (Phi) is 7.39. The van der Waals surface area contributed by atoms with Crippen molar-refractivity contribution in [3.05, 3.63) is 102 Å². The quantitative estimate of drug-likeness (QED) is 0.395. The van der Waals surface area contributed by atoms with Gasteiger partial charge in [-0.1, -0.05) is 68.5 Å². The average molecular weight is 404 g/mol. The van der Waals surface area contributed by atoms with Crippen molar-refractivity contribution < 1.29 is 18.7 Å². The van der Waals surface area contributed by atoms with Crippen LogP contribution in [0.15, 0.2) is 84.9 Å². The van der Waals surface area contributed by atoms with Gasteiger partial charge in [-0.2, -0.15) is 0 Å². The van der Waals surface area contributed by atoms with Crippen molar-refractivity contribution >= 4 is 12.0 Å². The van der Waals surface area contributed by atoms with Crippen molar-refractivity contribution in [1.82, 2.24) is 0 Å². The molecule has 0 aliphatic carbocycles. The molecule has 1 unspecified atom stereocenters. The van der Waals surface area contributed by atoms with Gasteiger partial charge in [0, 0.05) is 0 Å². The van der Waals surface area contributed by atoms with E-state index in [1.807, 2.05) is 68.4 Å². The summed E-state index contributed by atoms with van der Waals surface area (Å²) in [6.07, 6.45) is 3.53. The maximum absolute atomic E-state index is 13.4. The fourth-order valence-corrected chi connectivity index (χ4v) is 2.97. The average Bonchev–Trinajstić information content (AvgIpc) is 2.73. The Morgan fingerprint density at radius 3 is 2.40 bits per heavy atom. The van der Waals surface area contributed by atoms with Crippen molar-refractivity contribution in [2.45, 2.75) is 20.5 Å². The smallest absolute Gasteiger partial charge is 0.313 e. The van der Waals surface area contributed by atoms with Gasteiger partial charge in [0.15, 0.2) is 0 Å². The summed E-state index contributed by atoms with van der Waals surface area (Å²) in [7, 11) is 0. The summed E-state index contributed by atoms with van der Waals surface area (Å²) in [6.45, 7) is 4.06. The van der Waals surface area contributed by atoms with Crippen LogP contribution >= 0.6 is 0 Å². The zero-order chi connectivity index (χ0) is 21.3. The lowest BCUT2D eigenvalue weighted by atomic mass is 9.95. The van der Waals surface area contributed by atoms with Crippen molar-refractivity contribution in [1.29, 1.82) is 0 Å². The maximum Gasteiger partial charge on any atom is 0.313 e. The summed E-state index contributed by atoms with van der Waals surface area (Å²) >= 11 is 0. The number of carbonyl (C=O) groups excluding carboxylic acids is 1. The van der Waals surface area contributed by atoms with E-state index < -0.39 is 5.92 Å². The summed E-state index contributed by atoms with van der Waals surface area (Å²) in [5, 5.41) is 0. The first-order valence-corrected chi connectivity index (χ1v) is 9.93. The van der Waals surface area contributed by atoms with Gasteiger partial charge in [-0.3, -0.25) is 4.79 Å². The van der Waals surface area contributed by atoms with E-state index in [4.69, 9.17) is 9.47 Å². The van der Waals surface area contributed by atoms with Crippen LogP contribution in [-0.2, 0) is 16.1 Å². The minimum Gasteiger partial charge on any atom is -0.460 e. The van der Waals surface area contributed by atoms with E-state index in [-0.39, 0.29) is 24.3 Å². The number of benzene rings is 3. The highest BCUT2D eigenvalue weighted by atomic mass is 19.1. The molecule has 0 bridgehead atoms. The van der Waals surface area contributed by atoms with Gasteiger partial charge in [0.05, 0.1) is 5.92 Å². The molecule has 0 saturated carbocycles. The molecule has 0 spiro atoms. The molecule has 0 N–H and O–H groups in total. The van der Waals surface area contributed by atoms with Gasteiger partial charge < -0.3 is 9.47 Å². The minimum absolute atomic E-state index is 0.0510. The number of halogens is 1. The van der Waals surface area contributed by atoms with Crippen LogP contribution in [0, 0.1) is 17.7 Å². The molecule has 3 nitrogen and oxygen atoms in total. The first kappa shape index (κ1) is 21.3. The van der Waals surface area contributed by atoms with Gasteiger partial charge in [-0.15, -0.1) is 0 Å². The highest BCUT2D eigenvalue weighted by Crippen LogP contribution is 2.23. The number of ether oxygens (including phenoxy) is 2. The molecule has 1 atom stereocenters. The molecule has 3 aromatic carbocycles. The van der Waals surface area contributed by atoms with Crippen LogP contribution in [-0.4, -0.2) is 5.97 Å². The number of carbonyl (C=O) groups is 1. The summed E-state index contributed by atoms with van der Waals surface area (Å²) in [5.74, 6) is 0.438. The van der Waals surface area contributed by atoms with E-state index >= 15 is 0 Å². The molecule has 30 heavy (non-hydrogen) atoms. The maximum atomic E-state index is 13.4. The van der Waals surface area contributed by atoms with Crippen LogP contribution in [0.4, 0.5) is 4.39 Å². The van der Waals surface area contributed by atoms with E-state index in [0.717, 1.165) is 11.3 Å². The molecule has 0 aromatic heterocycles. The molecule has 3 rings (SSSR count). The molecule has 3 aromatic rings. The molecule has 0 saturated heterocycles. The zero-order valence-electron chi connectivity index (χ0n) is 17.1. The van der Waals surface area contributed by atoms with Crippen LogP contribution in [0.3, 0.4) is 0 Å². The molecule has 4 heteroatoms. The van der Waals surface area contributed by atoms with Crippen LogP contribution in [0.5, 0.6) is 11.5 Å². The lowest BCUT2D eigenvalue weighted by Crippen LogP contribution is -2.20. The largest absolute Gasteiger partial charge is 0.460 e. The second-order valence-electron chi connectivity index (χ2n) is 7.35. The number of hydrogen-bond acceptors (Lipinski definition) is 3. The summed E-state index contributed by atoms with van der Waals surface area (Å²) in [4.78, 5) is 12.6. The number of rotatable bonds is 8. The lowest BCUT2D eigenvalue weighted by Gasteiger charge is -2.16. The molecule has 0 aliphatic heterocycles. The SMILES string of the molecule is CC(C)C(C=Cc1cccc(F)c1)C(=O)OCc1cccc(Oc2ccccc2)c1. The molecule has 154 valence electrons. The molecular weight excluding hydrogens is 379 g/mol. The van der Waals surface area contributed by atoms with Crippen LogP contribution in [0.25, 0.3) is 6.08 Å². The Morgan fingerprint density at radius 1 is 0.933 bits per heavy atom. The Hall–Kier alpha value is -3.40. The highest BCUT2D eigenvalue weighted by Gasteiger charge is 2.21. The van der Waals surface area contributed by atoms with Crippen LogP contribution in [0.2, 0.25) is 0 Å². The first-order valence-electron chi connectivity index (χ1n) is 9.93. The van der Waals surface area contributed by atoms with Gasteiger partial charge in [-0.25, -0.2) is 4.39 Å².